The van der Waals surface area contributed by atoms with Crippen LogP contribution in [0.2, 0.25) is 0 Å². The zero-order chi connectivity index (χ0) is 9.14. The van der Waals surface area contributed by atoms with E-state index in [0.29, 0.717) is 0 Å². The monoisotopic (exact) mass is 185 g/mol. The Balaban J connectivity index is 2.71. The molecule has 0 aromatic carbocycles. The van der Waals surface area contributed by atoms with Gasteiger partial charge in [0.25, 0.3) is 0 Å². The number of anilines is 1. The number of hydrogen-bond donors (Lipinski definition) is 1. The number of nitrogens with zero attached hydrogens (tertiary/aromatic N) is 1. The summed E-state index contributed by atoms with van der Waals surface area (Å²) in [4.78, 5) is 12.3. The van der Waals surface area contributed by atoms with E-state index >= 15 is 0 Å². The van der Waals surface area contributed by atoms with Gasteiger partial charge in [-0.05, 0) is 24.4 Å². The SMILES string of the molecule is CC(C(=O)O)N(C)c1cccs1. The molecule has 3 nitrogen and oxygen atoms in total. The summed E-state index contributed by atoms with van der Waals surface area (Å²) in [6.45, 7) is 1.67. The van der Waals surface area contributed by atoms with Crippen molar-refractivity contribution in [3.63, 3.8) is 0 Å². The predicted octanol–water partition coefficient (Wildman–Crippen LogP) is 1.66. The van der Waals surface area contributed by atoms with Crippen molar-refractivity contribution in [1.29, 1.82) is 0 Å². The van der Waals surface area contributed by atoms with Gasteiger partial charge in [0.05, 0.1) is 5.00 Å². The number of carboxylic acids is 1. The van der Waals surface area contributed by atoms with Crippen LogP contribution < -0.4 is 4.90 Å². The molecular formula is C8H11NO2S. The largest absolute Gasteiger partial charge is 0.480 e. The highest BCUT2D eigenvalue weighted by Gasteiger charge is 2.17. The Hall–Kier alpha value is -1.03. The molecule has 0 spiro atoms. The molecule has 0 amide bonds. The number of rotatable bonds is 3. The highest BCUT2D eigenvalue weighted by molar-refractivity contribution is 7.14. The predicted molar refractivity (Wildman–Crippen MR) is 49.8 cm³/mol. The molecule has 0 bridgehead atoms. The second kappa shape index (κ2) is 3.58. The van der Waals surface area contributed by atoms with E-state index in [-0.39, 0.29) is 0 Å². The highest BCUT2D eigenvalue weighted by atomic mass is 32.1. The molecule has 1 rings (SSSR count). The number of thiophene rings is 1. The van der Waals surface area contributed by atoms with Gasteiger partial charge in [-0.25, -0.2) is 4.79 Å². The van der Waals surface area contributed by atoms with Gasteiger partial charge in [-0.1, -0.05) is 0 Å². The number of hydrogen-bond acceptors (Lipinski definition) is 3. The zero-order valence-corrected chi connectivity index (χ0v) is 7.84. The van der Waals surface area contributed by atoms with Gasteiger partial charge >= 0.3 is 5.97 Å². The summed E-state index contributed by atoms with van der Waals surface area (Å²) in [5.74, 6) is -0.800. The minimum Gasteiger partial charge on any atom is -0.480 e. The van der Waals surface area contributed by atoms with Gasteiger partial charge in [0, 0.05) is 7.05 Å². The van der Waals surface area contributed by atoms with Crippen LogP contribution in [0.1, 0.15) is 6.92 Å². The van der Waals surface area contributed by atoms with Crippen LogP contribution in [-0.2, 0) is 4.79 Å². The molecule has 0 aliphatic carbocycles. The van der Waals surface area contributed by atoms with Gasteiger partial charge < -0.3 is 10.0 Å². The molecule has 1 unspecified atom stereocenters. The summed E-state index contributed by atoms with van der Waals surface area (Å²) in [6, 6.07) is 3.35. The van der Waals surface area contributed by atoms with Crippen LogP contribution in [0.4, 0.5) is 5.00 Å². The lowest BCUT2D eigenvalue weighted by atomic mass is 10.3. The van der Waals surface area contributed by atoms with E-state index in [1.807, 2.05) is 17.5 Å². The van der Waals surface area contributed by atoms with E-state index in [9.17, 15) is 4.79 Å². The van der Waals surface area contributed by atoms with Gasteiger partial charge in [-0.15, -0.1) is 11.3 Å². The molecule has 1 heterocycles. The van der Waals surface area contributed by atoms with Gasteiger partial charge in [0.2, 0.25) is 0 Å². The first-order valence-corrected chi connectivity index (χ1v) is 4.50. The minimum absolute atomic E-state index is 0.469. The molecule has 0 saturated carbocycles. The third-order valence-corrected chi connectivity index (χ3v) is 2.75. The van der Waals surface area contributed by atoms with Crippen molar-refractivity contribution < 1.29 is 9.90 Å². The molecule has 1 aromatic heterocycles. The molecule has 1 atom stereocenters. The first-order valence-electron chi connectivity index (χ1n) is 3.62. The van der Waals surface area contributed by atoms with Crippen molar-refractivity contribution in [2.24, 2.45) is 0 Å². The minimum atomic E-state index is -0.800. The molecular weight excluding hydrogens is 174 g/mol. The third-order valence-electron chi connectivity index (χ3n) is 1.79. The van der Waals surface area contributed by atoms with E-state index in [0.717, 1.165) is 5.00 Å². The molecule has 1 N–H and O–H groups in total. The van der Waals surface area contributed by atoms with Gasteiger partial charge in [-0.3, -0.25) is 0 Å². The van der Waals surface area contributed by atoms with E-state index in [2.05, 4.69) is 0 Å². The normalized spacial score (nSPS) is 12.5. The number of aliphatic carboxylic acids is 1. The summed E-state index contributed by atoms with van der Waals surface area (Å²) in [5, 5.41) is 11.6. The Morgan fingerprint density at radius 1 is 1.75 bits per heavy atom. The average Bonchev–Trinajstić information content (AvgIpc) is 2.53. The summed E-state index contributed by atoms with van der Waals surface area (Å²) < 4.78 is 0. The second-order valence-corrected chi connectivity index (χ2v) is 3.50. The molecule has 12 heavy (non-hydrogen) atoms. The lowest BCUT2D eigenvalue weighted by Crippen LogP contribution is -2.35. The van der Waals surface area contributed by atoms with Crippen molar-refractivity contribution in [2.75, 3.05) is 11.9 Å². The van der Waals surface area contributed by atoms with Crippen molar-refractivity contribution in [3.05, 3.63) is 17.5 Å². The molecule has 1 aromatic rings. The van der Waals surface area contributed by atoms with Crippen molar-refractivity contribution in [3.8, 4) is 0 Å². The number of carbonyl (C=O) groups is 1. The van der Waals surface area contributed by atoms with E-state index in [1.165, 1.54) is 11.3 Å². The summed E-state index contributed by atoms with van der Waals surface area (Å²) in [5.41, 5.74) is 0. The van der Waals surface area contributed by atoms with Gasteiger partial charge in [0.15, 0.2) is 0 Å². The van der Waals surface area contributed by atoms with Crippen molar-refractivity contribution in [2.45, 2.75) is 13.0 Å². The summed E-state index contributed by atoms with van der Waals surface area (Å²) in [7, 11) is 1.78. The molecule has 0 aliphatic rings. The lowest BCUT2D eigenvalue weighted by Gasteiger charge is -2.21. The van der Waals surface area contributed by atoms with Crippen LogP contribution in [0.3, 0.4) is 0 Å². The third kappa shape index (κ3) is 1.76. The standard InChI is InChI=1S/C8H11NO2S/c1-6(8(10)11)9(2)7-4-3-5-12-7/h3-6H,1-2H3,(H,10,11). The second-order valence-electron chi connectivity index (χ2n) is 2.58. The Labute approximate surface area is 75.2 Å². The lowest BCUT2D eigenvalue weighted by molar-refractivity contribution is -0.138. The van der Waals surface area contributed by atoms with Crippen LogP contribution in [0, 0.1) is 0 Å². The Morgan fingerprint density at radius 2 is 2.42 bits per heavy atom. The molecule has 0 saturated heterocycles. The molecule has 0 radical (unpaired) electrons. The zero-order valence-electron chi connectivity index (χ0n) is 7.02. The molecule has 4 heteroatoms. The van der Waals surface area contributed by atoms with Crippen LogP contribution in [0.15, 0.2) is 17.5 Å². The van der Waals surface area contributed by atoms with Crippen molar-refractivity contribution in [1.82, 2.24) is 0 Å². The molecule has 0 aliphatic heterocycles. The Morgan fingerprint density at radius 3 is 2.83 bits per heavy atom. The van der Waals surface area contributed by atoms with Gasteiger partial charge in [-0.2, -0.15) is 0 Å². The summed E-state index contributed by atoms with van der Waals surface area (Å²) in [6.07, 6.45) is 0. The fraction of sp³-hybridized carbons (Fsp3) is 0.375. The first-order chi connectivity index (χ1) is 5.63. The molecule has 66 valence electrons. The first kappa shape index (κ1) is 9.06. The van der Waals surface area contributed by atoms with Crippen LogP contribution >= 0.6 is 11.3 Å². The maximum absolute atomic E-state index is 10.6. The molecule has 0 fully saturated rings. The van der Waals surface area contributed by atoms with E-state index in [4.69, 9.17) is 5.11 Å². The maximum Gasteiger partial charge on any atom is 0.326 e. The average molecular weight is 185 g/mol. The van der Waals surface area contributed by atoms with E-state index in [1.54, 1.807) is 18.9 Å². The quantitative estimate of drug-likeness (QED) is 0.778. The van der Waals surface area contributed by atoms with Gasteiger partial charge in [0.1, 0.15) is 6.04 Å². The number of likely N-dealkylation sites (N-methyl/N-ethyl adjacent to an activating group) is 1. The van der Waals surface area contributed by atoms with Crippen molar-refractivity contribution >= 4 is 22.3 Å². The van der Waals surface area contributed by atoms with Crippen LogP contribution in [0.5, 0.6) is 0 Å². The fourth-order valence-electron chi connectivity index (χ4n) is 0.827. The van der Waals surface area contributed by atoms with Crippen LogP contribution in [0.25, 0.3) is 0 Å². The maximum atomic E-state index is 10.6. The van der Waals surface area contributed by atoms with E-state index < -0.39 is 12.0 Å². The topological polar surface area (TPSA) is 40.5 Å². The summed E-state index contributed by atoms with van der Waals surface area (Å²) >= 11 is 1.54. The Kier molecular flexibility index (Phi) is 2.70. The van der Waals surface area contributed by atoms with Crippen LogP contribution in [-0.4, -0.2) is 24.2 Å². The Bertz CT molecular complexity index is 258. The fourth-order valence-corrected chi connectivity index (χ4v) is 1.61. The highest BCUT2D eigenvalue weighted by Crippen LogP contribution is 2.21. The smallest absolute Gasteiger partial charge is 0.326 e. The number of carboxylic acid groups (broad SMARTS) is 1.